The van der Waals surface area contributed by atoms with Gasteiger partial charge in [-0.1, -0.05) is 18.2 Å². The second kappa shape index (κ2) is 8.20. The van der Waals surface area contributed by atoms with Crippen molar-refractivity contribution in [2.24, 2.45) is 0 Å². The van der Waals surface area contributed by atoms with E-state index in [0.717, 1.165) is 5.69 Å². The van der Waals surface area contributed by atoms with Crippen molar-refractivity contribution in [3.05, 3.63) is 82.4 Å². The van der Waals surface area contributed by atoms with Crippen LogP contribution in [0.3, 0.4) is 0 Å². The predicted molar refractivity (Wildman–Crippen MR) is 124 cm³/mol. The van der Waals surface area contributed by atoms with Gasteiger partial charge >= 0.3 is 0 Å². The monoisotopic (exact) mass is 420 g/mol. The largest absolute Gasteiger partial charge is 0.395 e. The summed E-state index contributed by atoms with van der Waals surface area (Å²) >= 11 is 5.64. The molecule has 0 bridgehead atoms. The van der Waals surface area contributed by atoms with Crippen LogP contribution in [0, 0.1) is 27.7 Å². The predicted octanol–water partition coefficient (Wildman–Crippen LogP) is 4.07. The van der Waals surface area contributed by atoms with E-state index in [0.29, 0.717) is 11.7 Å². The fraction of sp³-hybridized carbons (Fsp3) is 0.333. The summed E-state index contributed by atoms with van der Waals surface area (Å²) < 4.78 is 2.33. The number of rotatable bonds is 5. The number of aliphatic hydroxyl groups excluding tert-OH is 1. The number of aliphatic hydroxyl groups is 1. The van der Waals surface area contributed by atoms with Gasteiger partial charge in [0.1, 0.15) is 0 Å². The zero-order chi connectivity index (χ0) is 21.4. The molecule has 0 saturated carbocycles. The molecule has 1 aliphatic heterocycles. The van der Waals surface area contributed by atoms with E-state index >= 15 is 0 Å². The molecule has 0 amide bonds. The lowest BCUT2D eigenvalue weighted by Gasteiger charge is -2.27. The summed E-state index contributed by atoms with van der Waals surface area (Å²) in [6.45, 7) is 9.15. The van der Waals surface area contributed by atoms with Crippen LogP contribution in [0.5, 0.6) is 0 Å². The average Bonchev–Trinajstić information content (AvgIpc) is 3.21. The number of benzene rings is 1. The maximum atomic E-state index is 9.69. The van der Waals surface area contributed by atoms with E-state index in [1.807, 2.05) is 24.4 Å². The molecule has 4 rings (SSSR count). The Morgan fingerprint density at radius 2 is 1.90 bits per heavy atom. The minimum atomic E-state index is -0.0715. The van der Waals surface area contributed by atoms with Crippen molar-refractivity contribution in [3.63, 3.8) is 0 Å². The number of hydrogen-bond donors (Lipinski definition) is 2. The van der Waals surface area contributed by atoms with E-state index in [2.05, 4.69) is 71.7 Å². The van der Waals surface area contributed by atoms with Crippen LogP contribution in [-0.2, 0) is 0 Å². The van der Waals surface area contributed by atoms with Gasteiger partial charge in [0.15, 0.2) is 5.11 Å². The number of aryl methyl sites for hydroxylation is 2. The lowest BCUT2D eigenvalue weighted by Crippen LogP contribution is -2.32. The minimum Gasteiger partial charge on any atom is -0.395 e. The highest BCUT2D eigenvalue weighted by Crippen LogP contribution is 2.41. The number of nitrogens with zero attached hydrogens (tertiary/aromatic N) is 3. The zero-order valence-corrected chi connectivity index (χ0v) is 18.7. The minimum absolute atomic E-state index is 0.0374. The lowest BCUT2D eigenvalue weighted by molar-refractivity contribution is 0.223. The molecule has 6 heteroatoms. The highest BCUT2D eigenvalue weighted by Gasteiger charge is 2.41. The van der Waals surface area contributed by atoms with Crippen molar-refractivity contribution in [3.8, 4) is 5.69 Å². The van der Waals surface area contributed by atoms with Crippen LogP contribution >= 0.6 is 12.2 Å². The Morgan fingerprint density at radius 1 is 1.10 bits per heavy atom. The molecule has 156 valence electrons. The Balaban J connectivity index is 1.86. The van der Waals surface area contributed by atoms with Gasteiger partial charge in [0.05, 0.1) is 24.4 Å². The Bertz CT molecular complexity index is 1080. The molecule has 1 aromatic carbocycles. The second-order valence-electron chi connectivity index (χ2n) is 7.92. The van der Waals surface area contributed by atoms with Crippen LogP contribution in [0.4, 0.5) is 0 Å². The van der Waals surface area contributed by atoms with Crippen LogP contribution in [-0.4, -0.2) is 37.8 Å². The summed E-state index contributed by atoms with van der Waals surface area (Å²) in [6.07, 6.45) is 1.81. The lowest BCUT2D eigenvalue weighted by atomic mass is 9.96. The highest BCUT2D eigenvalue weighted by molar-refractivity contribution is 7.80. The maximum absolute atomic E-state index is 9.69. The molecule has 5 nitrogen and oxygen atoms in total. The van der Waals surface area contributed by atoms with Crippen molar-refractivity contribution < 1.29 is 5.11 Å². The first-order valence-electron chi connectivity index (χ1n) is 10.3. The molecule has 0 spiro atoms. The van der Waals surface area contributed by atoms with E-state index < -0.39 is 0 Å². The maximum Gasteiger partial charge on any atom is 0.170 e. The highest BCUT2D eigenvalue weighted by atomic mass is 32.1. The fourth-order valence-corrected chi connectivity index (χ4v) is 4.86. The quantitative estimate of drug-likeness (QED) is 0.610. The van der Waals surface area contributed by atoms with E-state index in [1.165, 1.54) is 33.8 Å². The van der Waals surface area contributed by atoms with Crippen molar-refractivity contribution in [2.45, 2.75) is 39.8 Å². The van der Waals surface area contributed by atoms with Crippen LogP contribution < -0.4 is 5.32 Å². The first-order valence-corrected chi connectivity index (χ1v) is 10.7. The number of hydrogen-bond acceptors (Lipinski definition) is 3. The van der Waals surface area contributed by atoms with E-state index in [9.17, 15) is 5.11 Å². The van der Waals surface area contributed by atoms with Gasteiger partial charge < -0.3 is 19.9 Å². The molecular weight excluding hydrogens is 392 g/mol. The normalized spacial score (nSPS) is 18.7. The van der Waals surface area contributed by atoms with Gasteiger partial charge in [-0.05, 0) is 80.9 Å². The Hall–Kier alpha value is -2.70. The molecule has 1 fully saturated rings. The number of thiocarbonyl (C=S) groups is 1. The van der Waals surface area contributed by atoms with Crippen LogP contribution in [0.15, 0.2) is 48.7 Å². The SMILES string of the molecule is Cc1cccc(-n2c(C)cc([C@@H]3[C@H](c4ccccn4)NC(=S)N3CCO)c2C)c1C. The summed E-state index contributed by atoms with van der Waals surface area (Å²) in [5.41, 5.74) is 8.26. The molecule has 2 atom stereocenters. The zero-order valence-electron chi connectivity index (χ0n) is 17.9. The molecule has 0 radical (unpaired) electrons. The fourth-order valence-electron chi connectivity index (χ4n) is 4.53. The standard InChI is InChI=1S/C24H28N4OS/c1-15-8-7-10-21(17(15)3)28-16(2)14-19(18(28)4)23-22(20-9-5-6-11-25-20)26-24(30)27(23)12-13-29/h5-11,14,22-23,29H,12-13H2,1-4H3,(H,26,30)/t22-,23+/m0/s1. The third-order valence-corrected chi connectivity index (χ3v) is 6.50. The summed E-state index contributed by atoms with van der Waals surface area (Å²) in [6, 6.07) is 14.5. The van der Waals surface area contributed by atoms with Crippen molar-refractivity contribution in [1.29, 1.82) is 0 Å². The molecule has 2 N–H and O–H groups in total. The van der Waals surface area contributed by atoms with E-state index in [1.54, 1.807) is 0 Å². The number of aromatic nitrogens is 2. The molecular formula is C24H28N4OS. The van der Waals surface area contributed by atoms with Gasteiger partial charge in [0.25, 0.3) is 0 Å². The number of β-amino-alcohol motifs (C(OH)–C–C–N with tert-alkyl or cyclic N) is 1. The summed E-state index contributed by atoms with van der Waals surface area (Å²) in [7, 11) is 0. The molecule has 3 aromatic rings. The molecule has 1 aliphatic rings. The Kier molecular flexibility index (Phi) is 5.62. The van der Waals surface area contributed by atoms with Gasteiger partial charge in [0, 0.05) is 29.8 Å². The van der Waals surface area contributed by atoms with Crippen molar-refractivity contribution >= 4 is 17.3 Å². The third-order valence-electron chi connectivity index (χ3n) is 6.14. The van der Waals surface area contributed by atoms with Crippen LogP contribution in [0.2, 0.25) is 0 Å². The molecule has 0 aliphatic carbocycles. The smallest absolute Gasteiger partial charge is 0.170 e. The van der Waals surface area contributed by atoms with E-state index in [4.69, 9.17) is 12.2 Å². The summed E-state index contributed by atoms with van der Waals surface area (Å²) in [5.74, 6) is 0. The van der Waals surface area contributed by atoms with Gasteiger partial charge in [-0.25, -0.2) is 0 Å². The van der Waals surface area contributed by atoms with Gasteiger partial charge in [-0.2, -0.15) is 0 Å². The van der Waals surface area contributed by atoms with Gasteiger partial charge in [-0.3, -0.25) is 4.98 Å². The third kappa shape index (κ3) is 3.40. The molecule has 2 aromatic heterocycles. The molecule has 1 saturated heterocycles. The first-order chi connectivity index (χ1) is 14.4. The Labute approximate surface area is 183 Å². The Morgan fingerprint density at radius 3 is 2.60 bits per heavy atom. The first kappa shape index (κ1) is 20.6. The average molecular weight is 421 g/mol. The number of nitrogens with one attached hydrogen (secondary N) is 1. The van der Waals surface area contributed by atoms with Crippen LogP contribution in [0.1, 0.15) is 45.9 Å². The molecule has 0 unspecified atom stereocenters. The molecule has 30 heavy (non-hydrogen) atoms. The van der Waals surface area contributed by atoms with E-state index in [-0.39, 0.29) is 18.7 Å². The summed E-state index contributed by atoms with van der Waals surface area (Å²) in [5, 5.41) is 13.8. The topological polar surface area (TPSA) is 53.3 Å². The molecule has 3 heterocycles. The summed E-state index contributed by atoms with van der Waals surface area (Å²) in [4.78, 5) is 6.68. The second-order valence-corrected chi connectivity index (χ2v) is 8.31. The van der Waals surface area contributed by atoms with Gasteiger partial charge in [0.2, 0.25) is 0 Å². The van der Waals surface area contributed by atoms with Crippen molar-refractivity contribution in [2.75, 3.05) is 13.2 Å². The van der Waals surface area contributed by atoms with Crippen LogP contribution in [0.25, 0.3) is 5.69 Å². The number of pyridine rings is 1. The van der Waals surface area contributed by atoms with Crippen molar-refractivity contribution in [1.82, 2.24) is 19.8 Å². The van der Waals surface area contributed by atoms with Gasteiger partial charge in [-0.15, -0.1) is 0 Å².